The van der Waals surface area contributed by atoms with Gasteiger partial charge in [-0.05, 0) is 68.3 Å². The van der Waals surface area contributed by atoms with E-state index in [1.54, 1.807) is 4.68 Å². The summed E-state index contributed by atoms with van der Waals surface area (Å²) >= 11 is 0. The van der Waals surface area contributed by atoms with Crippen molar-refractivity contribution in [2.75, 3.05) is 0 Å². The van der Waals surface area contributed by atoms with Gasteiger partial charge >= 0.3 is 6.09 Å². The van der Waals surface area contributed by atoms with Gasteiger partial charge in [0.25, 0.3) is 0 Å². The van der Waals surface area contributed by atoms with Crippen LogP contribution in [0.15, 0.2) is 79.1 Å². The average Bonchev–Trinajstić information content (AvgIpc) is 3.37. The van der Waals surface area contributed by atoms with Gasteiger partial charge in [0.2, 0.25) is 0 Å². The molecule has 1 saturated carbocycles. The van der Waals surface area contributed by atoms with Gasteiger partial charge < -0.3 is 19.5 Å². The standard InChI is InChI=1S/C34H40N4O4/c1-33(2,3)42-32(39)37-27-18-30(19-27)41-29-16-12-25(13-17-29)34(4,5)24-10-14-28(15-11-24)40-22-26-8-7-9-31(36-26)23-20-35-38(6)21-23/h7-17,20-21,27,30H,18-19,22H2,1-6H3,(H,37,39)/t27-,30-. The minimum Gasteiger partial charge on any atom is -0.490 e. The number of hydrogen-bond donors (Lipinski definition) is 1. The van der Waals surface area contributed by atoms with Crippen molar-refractivity contribution in [3.63, 3.8) is 0 Å². The molecule has 220 valence electrons. The number of nitrogens with one attached hydrogen (secondary N) is 1. The molecule has 0 radical (unpaired) electrons. The Balaban J connectivity index is 1.12. The van der Waals surface area contributed by atoms with Gasteiger partial charge in [-0.25, -0.2) is 9.78 Å². The topological polar surface area (TPSA) is 87.5 Å². The zero-order chi connectivity index (χ0) is 29.9. The molecule has 5 rings (SSSR count). The normalized spacial score (nSPS) is 16.8. The number of benzene rings is 2. The second-order valence-corrected chi connectivity index (χ2v) is 12.4. The number of aryl methyl sites for hydroxylation is 1. The van der Waals surface area contributed by atoms with Crippen LogP contribution in [0.2, 0.25) is 0 Å². The fraction of sp³-hybridized carbons (Fsp3) is 0.382. The fourth-order valence-corrected chi connectivity index (χ4v) is 4.96. The number of alkyl carbamates (subject to hydrolysis) is 1. The fourth-order valence-electron chi connectivity index (χ4n) is 4.96. The quantitative estimate of drug-likeness (QED) is 0.238. The third kappa shape index (κ3) is 7.29. The number of nitrogens with zero attached hydrogens (tertiary/aromatic N) is 3. The molecule has 1 fully saturated rings. The molecule has 0 bridgehead atoms. The first kappa shape index (κ1) is 29.2. The van der Waals surface area contributed by atoms with Gasteiger partial charge in [-0.1, -0.05) is 44.2 Å². The Morgan fingerprint density at radius 1 is 0.929 bits per heavy atom. The molecule has 0 atom stereocenters. The van der Waals surface area contributed by atoms with E-state index in [-0.39, 0.29) is 23.7 Å². The number of amides is 1. The Morgan fingerprint density at radius 2 is 1.57 bits per heavy atom. The van der Waals surface area contributed by atoms with Crippen molar-refractivity contribution >= 4 is 6.09 Å². The lowest BCUT2D eigenvalue weighted by atomic mass is 9.78. The second-order valence-electron chi connectivity index (χ2n) is 12.4. The lowest BCUT2D eigenvalue weighted by Crippen LogP contribution is -2.50. The highest BCUT2D eigenvalue weighted by Crippen LogP contribution is 2.34. The summed E-state index contributed by atoms with van der Waals surface area (Å²) in [7, 11) is 1.89. The van der Waals surface area contributed by atoms with E-state index in [4.69, 9.17) is 19.2 Å². The number of aromatic nitrogens is 3. The van der Waals surface area contributed by atoms with Gasteiger partial charge in [0.05, 0.1) is 17.6 Å². The van der Waals surface area contributed by atoms with Gasteiger partial charge in [-0.2, -0.15) is 5.10 Å². The molecule has 2 aromatic carbocycles. The van der Waals surface area contributed by atoms with E-state index >= 15 is 0 Å². The predicted molar refractivity (Wildman–Crippen MR) is 163 cm³/mol. The molecular formula is C34H40N4O4. The van der Waals surface area contributed by atoms with Crippen LogP contribution < -0.4 is 14.8 Å². The van der Waals surface area contributed by atoms with Gasteiger partial charge in [-0.3, -0.25) is 4.68 Å². The summed E-state index contributed by atoms with van der Waals surface area (Å²) < 4.78 is 19.3. The van der Waals surface area contributed by atoms with Gasteiger partial charge in [0.15, 0.2) is 0 Å². The number of carbonyl (C=O) groups excluding carboxylic acids is 1. The Hall–Kier alpha value is -4.33. The molecule has 8 heteroatoms. The summed E-state index contributed by atoms with van der Waals surface area (Å²) in [6.45, 7) is 10.4. The van der Waals surface area contributed by atoms with Crippen molar-refractivity contribution in [3.8, 4) is 22.8 Å². The Labute approximate surface area is 248 Å². The lowest BCUT2D eigenvalue weighted by Gasteiger charge is -2.36. The van der Waals surface area contributed by atoms with Crippen LogP contribution in [0.4, 0.5) is 4.79 Å². The minimum absolute atomic E-state index is 0.0864. The van der Waals surface area contributed by atoms with Crippen molar-refractivity contribution < 1.29 is 19.0 Å². The molecule has 0 saturated heterocycles. The first-order chi connectivity index (χ1) is 19.9. The first-order valence-electron chi connectivity index (χ1n) is 14.4. The number of carbonyl (C=O) groups is 1. The molecule has 4 aromatic rings. The van der Waals surface area contributed by atoms with E-state index in [1.807, 2.05) is 82.7 Å². The molecule has 0 unspecified atom stereocenters. The summed E-state index contributed by atoms with van der Waals surface area (Å²) in [6.07, 6.45) is 5.02. The van der Waals surface area contributed by atoms with Crippen molar-refractivity contribution in [2.45, 2.75) is 77.2 Å². The van der Waals surface area contributed by atoms with Crippen LogP contribution in [0.1, 0.15) is 64.3 Å². The molecule has 1 aliphatic carbocycles. The summed E-state index contributed by atoms with van der Waals surface area (Å²) in [5.74, 6) is 1.63. The second kappa shape index (κ2) is 11.9. The van der Waals surface area contributed by atoms with E-state index in [1.165, 1.54) is 11.1 Å². The molecule has 1 N–H and O–H groups in total. The maximum atomic E-state index is 12.0. The number of ether oxygens (including phenoxy) is 3. The molecule has 8 nitrogen and oxygen atoms in total. The lowest BCUT2D eigenvalue weighted by molar-refractivity contribution is 0.0363. The van der Waals surface area contributed by atoms with Crippen molar-refractivity contribution in [1.82, 2.24) is 20.1 Å². The van der Waals surface area contributed by atoms with Crippen molar-refractivity contribution in [2.24, 2.45) is 7.05 Å². The maximum absolute atomic E-state index is 12.0. The van der Waals surface area contributed by atoms with Gasteiger partial charge in [0.1, 0.15) is 29.8 Å². The van der Waals surface area contributed by atoms with Crippen LogP contribution in [-0.2, 0) is 23.8 Å². The number of pyridine rings is 1. The monoisotopic (exact) mass is 568 g/mol. The van der Waals surface area contributed by atoms with Crippen LogP contribution in [0.3, 0.4) is 0 Å². The molecule has 2 heterocycles. The summed E-state index contributed by atoms with van der Waals surface area (Å²) in [6, 6.07) is 22.6. The molecule has 0 aliphatic heterocycles. The number of rotatable bonds is 9. The maximum Gasteiger partial charge on any atom is 0.407 e. The average molecular weight is 569 g/mol. The zero-order valence-corrected chi connectivity index (χ0v) is 25.3. The SMILES string of the molecule is Cn1cc(-c2cccc(COc3ccc(C(C)(C)c4ccc(O[C@H]5C[C@H](NC(=O)OC(C)(C)C)C5)cc4)cc3)n2)cn1. The van der Waals surface area contributed by atoms with Crippen LogP contribution >= 0.6 is 0 Å². The molecule has 2 aromatic heterocycles. The zero-order valence-electron chi connectivity index (χ0n) is 25.3. The van der Waals surface area contributed by atoms with Crippen molar-refractivity contribution in [3.05, 3.63) is 95.9 Å². The van der Waals surface area contributed by atoms with Gasteiger partial charge in [0, 0.05) is 43.1 Å². The predicted octanol–water partition coefficient (Wildman–Crippen LogP) is 6.82. The van der Waals surface area contributed by atoms with E-state index in [2.05, 4.69) is 48.5 Å². The highest BCUT2D eigenvalue weighted by Gasteiger charge is 2.33. The molecular weight excluding hydrogens is 528 g/mol. The molecule has 0 spiro atoms. The Bertz CT molecular complexity index is 1500. The molecule has 1 aliphatic rings. The third-order valence-electron chi connectivity index (χ3n) is 7.46. The van der Waals surface area contributed by atoms with Crippen molar-refractivity contribution in [1.29, 1.82) is 0 Å². The highest BCUT2D eigenvalue weighted by atomic mass is 16.6. The van der Waals surface area contributed by atoms with E-state index in [0.29, 0.717) is 6.61 Å². The molecule has 42 heavy (non-hydrogen) atoms. The molecule has 1 amide bonds. The summed E-state index contributed by atoms with van der Waals surface area (Å²) in [5.41, 5.74) is 4.41. The van der Waals surface area contributed by atoms with E-state index in [0.717, 1.165) is 41.3 Å². The van der Waals surface area contributed by atoms with E-state index in [9.17, 15) is 4.79 Å². The third-order valence-corrected chi connectivity index (χ3v) is 7.46. The summed E-state index contributed by atoms with van der Waals surface area (Å²) in [5, 5.41) is 7.14. The smallest absolute Gasteiger partial charge is 0.407 e. The first-order valence-corrected chi connectivity index (χ1v) is 14.4. The highest BCUT2D eigenvalue weighted by molar-refractivity contribution is 5.68. The van der Waals surface area contributed by atoms with Crippen LogP contribution in [0.25, 0.3) is 11.3 Å². The van der Waals surface area contributed by atoms with Crippen LogP contribution in [-0.4, -0.2) is 38.6 Å². The Morgan fingerprint density at radius 3 is 2.17 bits per heavy atom. The van der Waals surface area contributed by atoms with Crippen LogP contribution in [0, 0.1) is 0 Å². The largest absolute Gasteiger partial charge is 0.490 e. The summed E-state index contributed by atoms with van der Waals surface area (Å²) in [4.78, 5) is 16.7. The van der Waals surface area contributed by atoms with Gasteiger partial charge in [-0.15, -0.1) is 0 Å². The van der Waals surface area contributed by atoms with E-state index < -0.39 is 5.60 Å². The number of hydrogen-bond acceptors (Lipinski definition) is 6. The van der Waals surface area contributed by atoms with Crippen LogP contribution in [0.5, 0.6) is 11.5 Å². The minimum atomic E-state index is -0.499. The Kier molecular flexibility index (Phi) is 8.25.